The van der Waals surface area contributed by atoms with Crippen LogP contribution < -0.4 is 4.74 Å². The number of halogens is 1. The van der Waals surface area contributed by atoms with E-state index in [9.17, 15) is 9.90 Å². The van der Waals surface area contributed by atoms with Crippen LogP contribution >= 0.6 is 15.9 Å². The summed E-state index contributed by atoms with van der Waals surface area (Å²) in [5, 5.41) is 18.5. The lowest BCUT2D eigenvalue weighted by molar-refractivity contribution is -0.120. The van der Waals surface area contributed by atoms with E-state index in [0.717, 1.165) is 21.2 Å². The molecule has 0 fully saturated rings. The van der Waals surface area contributed by atoms with E-state index in [2.05, 4.69) is 45.0 Å². The number of benzene rings is 2. The lowest BCUT2D eigenvalue weighted by Crippen LogP contribution is -2.09. The predicted molar refractivity (Wildman–Crippen MR) is 113 cm³/mol. The number of nitrogens with zero attached hydrogens (tertiary/aromatic N) is 2. The molecule has 0 atom stereocenters. The molecule has 0 saturated heterocycles. The molecule has 0 radical (unpaired) electrons. The Morgan fingerprint density at radius 2 is 2.00 bits per heavy atom. The standard InChI is InChI=1S/C21H22BrN3O3/c1-11(2)14-6-5-12(3)7-18(14)28-10-19(26)24-25-20-15-8-13(4)16(22)9-17(15)23-21(20)27/h5-9,11,23,27H,10H2,1-4H3. The molecule has 7 heteroatoms. The molecular formula is C21H22BrN3O3. The Morgan fingerprint density at radius 1 is 1.25 bits per heavy atom. The number of hydrogen-bond donors (Lipinski definition) is 2. The summed E-state index contributed by atoms with van der Waals surface area (Å²) in [6.45, 7) is 7.82. The van der Waals surface area contributed by atoms with Crippen LogP contribution in [0.2, 0.25) is 0 Å². The maximum atomic E-state index is 12.2. The number of nitrogens with one attached hydrogen (secondary N) is 1. The summed E-state index contributed by atoms with van der Waals surface area (Å²) in [5.41, 5.74) is 4.01. The second kappa shape index (κ2) is 8.14. The highest BCUT2D eigenvalue weighted by atomic mass is 79.9. The number of ether oxygens (including phenoxy) is 1. The third-order valence-corrected chi connectivity index (χ3v) is 5.29. The molecule has 6 nitrogen and oxygen atoms in total. The Labute approximate surface area is 171 Å². The molecular weight excluding hydrogens is 422 g/mol. The summed E-state index contributed by atoms with van der Waals surface area (Å²) in [6, 6.07) is 9.65. The van der Waals surface area contributed by atoms with Crippen molar-refractivity contribution in [3.8, 4) is 11.6 Å². The lowest BCUT2D eigenvalue weighted by Gasteiger charge is -2.13. The Bertz CT molecular complexity index is 1070. The van der Waals surface area contributed by atoms with Crippen LogP contribution in [0, 0.1) is 13.8 Å². The van der Waals surface area contributed by atoms with Crippen LogP contribution in [0.1, 0.15) is 36.5 Å². The monoisotopic (exact) mass is 443 g/mol. The molecule has 0 saturated carbocycles. The van der Waals surface area contributed by atoms with Crippen LogP contribution in [0.5, 0.6) is 11.6 Å². The molecule has 0 unspecified atom stereocenters. The fourth-order valence-electron chi connectivity index (χ4n) is 2.91. The zero-order valence-electron chi connectivity index (χ0n) is 16.2. The van der Waals surface area contributed by atoms with Gasteiger partial charge in [-0.3, -0.25) is 4.79 Å². The molecule has 0 aliphatic carbocycles. The van der Waals surface area contributed by atoms with Crippen LogP contribution in [-0.4, -0.2) is 22.6 Å². The molecule has 1 heterocycles. The van der Waals surface area contributed by atoms with E-state index < -0.39 is 5.91 Å². The van der Waals surface area contributed by atoms with Crippen molar-refractivity contribution in [1.29, 1.82) is 0 Å². The second-order valence-electron chi connectivity index (χ2n) is 7.05. The smallest absolute Gasteiger partial charge is 0.302 e. The number of carbonyl (C=O) groups is 1. The highest BCUT2D eigenvalue weighted by Crippen LogP contribution is 2.37. The summed E-state index contributed by atoms with van der Waals surface area (Å²) >= 11 is 3.45. The van der Waals surface area contributed by atoms with E-state index in [4.69, 9.17) is 4.74 Å². The lowest BCUT2D eigenvalue weighted by atomic mass is 10.0. The van der Waals surface area contributed by atoms with Crippen molar-refractivity contribution in [1.82, 2.24) is 4.98 Å². The van der Waals surface area contributed by atoms with Crippen LogP contribution in [-0.2, 0) is 4.79 Å². The van der Waals surface area contributed by atoms with E-state index in [1.807, 2.05) is 44.2 Å². The van der Waals surface area contributed by atoms with Crippen molar-refractivity contribution in [3.05, 3.63) is 51.5 Å². The Balaban J connectivity index is 1.77. The summed E-state index contributed by atoms with van der Waals surface area (Å²) < 4.78 is 6.59. The van der Waals surface area contributed by atoms with Gasteiger partial charge in [0.25, 0.3) is 0 Å². The third kappa shape index (κ3) is 4.25. The van der Waals surface area contributed by atoms with Crippen LogP contribution in [0.15, 0.2) is 45.0 Å². The van der Waals surface area contributed by atoms with Gasteiger partial charge in [0.05, 0.1) is 5.52 Å². The van der Waals surface area contributed by atoms with Gasteiger partial charge >= 0.3 is 5.91 Å². The minimum absolute atomic E-state index is 0.134. The highest BCUT2D eigenvalue weighted by molar-refractivity contribution is 9.10. The predicted octanol–water partition coefficient (Wildman–Crippen LogP) is 6.07. The minimum Gasteiger partial charge on any atom is -0.493 e. The minimum atomic E-state index is -0.529. The number of hydrogen-bond acceptors (Lipinski definition) is 4. The molecule has 1 aromatic heterocycles. The van der Waals surface area contributed by atoms with Crippen molar-refractivity contribution >= 4 is 38.4 Å². The van der Waals surface area contributed by atoms with Gasteiger partial charge in [0.1, 0.15) is 5.75 Å². The number of aromatic hydroxyl groups is 1. The fraction of sp³-hybridized carbons (Fsp3) is 0.286. The molecule has 3 aromatic rings. The number of fused-ring (bicyclic) bond motifs is 1. The number of carbonyl (C=O) groups excluding carboxylic acids is 1. The first-order valence-electron chi connectivity index (χ1n) is 8.95. The van der Waals surface area contributed by atoms with E-state index in [-0.39, 0.29) is 24.1 Å². The van der Waals surface area contributed by atoms with Crippen LogP contribution in [0.3, 0.4) is 0 Å². The number of aromatic nitrogens is 1. The van der Waals surface area contributed by atoms with Crippen LogP contribution in [0.25, 0.3) is 10.9 Å². The average Bonchev–Trinajstić information content (AvgIpc) is 2.92. The summed E-state index contributed by atoms with van der Waals surface area (Å²) in [6.07, 6.45) is 0. The number of azo groups is 1. The zero-order chi connectivity index (χ0) is 20.4. The van der Waals surface area contributed by atoms with Crippen molar-refractivity contribution in [3.63, 3.8) is 0 Å². The molecule has 2 N–H and O–H groups in total. The third-order valence-electron chi connectivity index (χ3n) is 4.44. The molecule has 3 rings (SSSR count). The SMILES string of the molecule is Cc1ccc(C(C)C)c(OCC(=O)N=Nc2c(O)[nH]c3cc(Br)c(C)cc23)c1. The van der Waals surface area contributed by atoms with Gasteiger partial charge in [0.15, 0.2) is 12.3 Å². The second-order valence-corrected chi connectivity index (χ2v) is 7.90. The highest BCUT2D eigenvalue weighted by Gasteiger charge is 2.14. The average molecular weight is 444 g/mol. The summed E-state index contributed by atoms with van der Waals surface area (Å²) in [7, 11) is 0. The number of amides is 1. The Kier molecular flexibility index (Phi) is 5.84. The van der Waals surface area contributed by atoms with Gasteiger partial charge < -0.3 is 14.8 Å². The molecule has 28 heavy (non-hydrogen) atoms. The molecule has 0 aliphatic rings. The van der Waals surface area contributed by atoms with Gasteiger partial charge in [-0.1, -0.05) is 41.9 Å². The van der Waals surface area contributed by atoms with Gasteiger partial charge in [-0.15, -0.1) is 10.2 Å². The normalized spacial score (nSPS) is 11.6. The van der Waals surface area contributed by atoms with E-state index in [0.29, 0.717) is 16.7 Å². The molecule has 146 valence electrons. The first-order chi connectivity index (χ1) is 13.3. The maximum Gasteiger partial charge on any atom is 0.302 e. The molecule has 1 amide bonds. The molecule has 0 aliphatic heterocycles. The summed E-state index contributed by atoms with van der Waals surface area (Å²) in [5.74, 6) is 0.288. The first kappa shape index (κ1) is 20.1. The summed E-state index contributed by atoms with van der Waals surface area (Å²) in [4.78, 5) is 15.0. The van der Waals surface area contributed by atoms with E-state index >= 15 is 0 Å². The van der Waals surface area contributed by atoms with Crippen molar-refractivity contribution in [2.24, 2.45) is 10.2 Å². The molecule has 0 spiro atoms. The first-order valence-corrected chi connectivity index (χ1v) is 9.74. The fourth-order valence-corrected chi connectivity index (χ4v) is 3.26. The van der Waals surface area contributed by atoms with Crippen molar-refractivity contribution < 1.29 is 14.6 Å². The van der Waals surface area contributed by atoms with Gasteiger partial charge in [-0.05, 0) is 54.7 Å². The van der Waals surface area contributed by atoms with Crippen molar-refractivity contribution in [2.75, 3.05) is 6.61 Å². The van der Waals surface area contributed by atoms with Gasteiger partial charge in [0.2, 0.25) is 5.88 Å². The van der Waals surface area contributed by atoms with E-state index in [1.165, 1.54) is 0 Å². The van der Waals surface area contributed by atoms with Gasteiger partial charge in [-0.25, -0.2) is 0 Å². The number of rotatable bonds is 5. The van der Waals surface area contributed by atoms with Crippen molar-refractivity contribution in [2.45, 2.75) is 33.6 Å². The quantitative estimate of drug-likeness (QED) is 0.469. The van der Waals surface area contributed by atoms with Gasteiger partial charge in [0, 0.05) is 9.86 Å². The van der Waals surface area contributed by atoms with Crippen LogP contribution in [0.4, 0.5) is 5.69 Å². The molecule has 2 aromatic carbocycles. The van der Waals surface area contributed by atoms with Gasteiger partial charge in [-0.2, -0.15) is 0 Å². The number of aromatic amines is 1. The van der Waals surface area contributed by atoms with E-state index in [1.54, 1.807) is 0 Å². The Morgan fingerprint density at radius 3 is 2.71 bits per heavy atom. The number of aryl methyl sites for hydroxylation is 2. The maximum absolute atomic E-state index is 12.2. The topological polar surface area (TPSA) is 87.0 Å². The molecule has 0 bridgehead atoms. The Hall–Kier alpha value is -2.67. The number of H-pyrrole nitrogens is 1. The zero-order valence-corrected chi connectivity index (χ0v) is 17.8. The largest absolute Gasteiger partial charge is 0.493 e.